The third-order valence-electron chi connectivity index (χ3n) is 0. The molecule has 1 amide bonds. The third-order valence-corrected chi connectivity index (χ3v) is 0. The van der Waals surface area contributed by atoms with Gasteiger partial charge in [-0.1, -0.05) is 0 Å². The summed E-state index contributed by atoms with van der Waals surface area (Å²) >= 11 is 0. The van der Waals surface area contributed by atoms with Gasteiger partial charge in [0.15, 0.2) is 0 Å². The maximum Gasteiger partial charge on any atom is 2.00 e. The topological polar surface area (TPSA) is 43.1 Å². The van der Waals surface area contributed by atoms with Gasteiger partial charge < -0.3 is 5.73 Å². The van der Waals surface area contributed by atoms with Crippen LogP contribution >= 0.6 is 0 Å². The van der Waals surface area contributed by atoms with Gasteiger partial charge in [-0.2, -0.15) is 0 Å². The molecule has 2 N–H and O–H groups in total. The zero-order chi connectivity index (χ0) is 3.58. The molecule has 0 saturated carbocycles. The van der Waals surface area contributed by atoms with E-state index in [2.05, 4.69) is 5.73 Å². The van der Waals surface area contributed by atoms with Crippen LogP contribution in [0, 0.1) is 0 Å². The van der Waals surface area contributed by atoms with Crippen molar-refractivity contribution in [2.24, 2.45) is 5.73 Å². The van der Waals surface area contributed by atoms with Gasteiger partial charge in [-0.05, 0) is 0 Å². The molecule has 0 saturated heterocycles. The summed E-state index contributed by atoms with van der Waals surface area (Å²) in [6.07, 6.45) is 0. The molecule has 0 aliphatic rings. The minimum Gasteiger partial charge on any atom is -0.370 e. The Balaban J connectivity index is 0. The van der Waals surface area contributed by atoms with Crippen molar-refractivity contribution in [1.29, 1.82) is 0 Å². The summed E-state index contributed by atoms with van der Waals surface area (Å²) in [4.78, 5) is 9.22. The van der Waals surface area contributed by atoms with Gasteiger partial charge in [0.1, 0.15) is 0 Å². The van der Waals surface area contributed by atoms with Crippen LogP contribution in [0.3, 0.4) is 0 Å². The Morgan fingerprint density at radius 3 is 1.80 bits per heavy atom. The summed E-state index contributed by atoms with van der Waals surface area (Å²) < 4.78 is 0. The van der Waals surface area contributed by atoms with Crippen LogP contribution in [0.1, 0.15) is 6.92 Å². The van der Waals surface area contributed by atoms with Crippen molar-refractivity contribution in [3.05, 3.63) is 0 Å². The van der Waals surface area contributed by atoms with Crippen LogP contribution in [0.2, 0.25) is 0 Å². The summed E-state index contributed by atoms with van der Waals surface area (Å²) in [6, 6.07) is 0. The van der Waals surface area contributed by atoms with Gasteiger partial charge in [0, 0.05) is 6.92 Å². The number of hydrogen-bond donors (Lipinski definition) is 1. The van der Waals surface area contributed by atoms with E-state index in [4.69, 9.17) is 0 Å². The first kappa shape index (κ1) is 8.92. The Morgan fingerprint density at radius 1 is 1.80 bits per heavy atom. The quantitative estimate of drug-likeness (QED) is 0.434. The number of nitrogens with two attached hydrogens (primary N) is 1. The summed E-state index contributed by atoms with van der Waals surface area (Å²) in [7, 11) is 0. The third kappa shape index (κ3) is 2060. The number of hydrogen-bond acceptors (Lipinski definition) is 1. The summed E-state index contributed by atoms with van der Waals surface area (Å²) in [5.41, 5.74) is 4.47. The fraction of sp³-hybridized carbons (Fsp3) is 0.500. The number of primary amides is 1. The zero-order valence-corrected chi connectivity index (χ0v) is 6.16. The molecule has 0 aliphatic carbocycles. The zero-order valence-electron chi connectivity index (χ0n) is 3.19. The Kier molecular flexibility index (Phi) is 7.30. The van der Waals surface area contributed by atoms with Gasteiger partial charge in [0.05, 0.1) is 0 Å². The van der Waals surface area contributed by atoms with Crippen molar-refractivity contribution >= 4 is 5.91 Å². The molecular formula is C2H5NOZn+2. The second-order valence-corrected chi connectivity index (χ2v) is 0.611. The molecule has 0 aromatic carbocycles. The van der Waals surface area contributed by atoms with Crippen LogP contribution in [0.25, 0.3) is 0 Å². The molecule has 0 rings (SSSR count). The number of amides is 1. The fourth-order valence-corrected chi connectivity index (χ4v) is 0. The molecule has 0 aliphatic heterocycles. The normalized spacial score (nSPS) is 5.00. The van der Waals surface area contributed by atoms with Crippen molar-refractivity contribution in [3.8, 4) is 0 Å². The van der Waals surface area contributed by atoms with E-state index >= 15 is 0 Å². The van der Waals surface area contributed by atoms with Gasteiger partial charge in [-0.3, -0.25) is 4.79 Å². The Morgan fingerprint density at radius 2 is 1.80 bits per heavy atom. The van der Waals surface area contributed by atoms with E-state index in [-0.39, 0.29) is 25.4 Å². The molecular weight excluding hydrogens is 119 g/mol. The molecule has 0 unspecified atom stereocenters. The Hall–Kier alpha value is 0.0934. The minimum absolute atomic E-state index is 0. The van der Waals surface area contributed by atoms with Crippen LogP contribution in [0.5, 0.6) is 0 Å². The SMILES string of the molecule is CC(N)=O.[Zn+2]. The second-order valence-electron chi connectivity index (χ2n) is 0.611. The molecule has 5 heavy (non-hydrogen) atoms. The standard InChI is InChI=1S/C2H5NO.Zn/c1-2(3)4;/h1H3,(H2,3,4);/q;+2. The van der Waals surface area contributed by atoms with E-state index in [1.54, 1.807) is 0 Å². The first-order chi connectivity index (χ1) is 1.73. The number of rotatable bonds is 0. The van der Waals surface area contributed by atoms with Crippen LogP contribution < -0.4 is 5.73 Å². The molecule has 0 spiro atoms. The second kappa shape index (κ2) is 4.09. The molecule has 0 heterocycles. The monoisotopic (exact) mass is 123 g/mol. The molecule has 2 nitrogen and oxygen atoms in total. The van der Waals surface area contributed by atoms with E-state index in [0.717, 1.165) is 0 Å². The Bertz CT molecular complexity index is 32.6. The first-order valence-corrected chi connectivity index (χ1v) is 0.993. The van der Waals surface area contributed by atoms with Gasteiger partial charge >= 0.3 is 19.5 Å². The van der Waals surface area contributed by atoms with Gasteiger partial charge in [0.25, 0.3) is 0 Å². The van der Waals surface area contributed by atoms with E-state index in [1.807, 2.05) is 0 Å². The van der Waals surface area contributed by atoms with Crippen molar-refractivity contribution < 1.29 is 24.3 Å². The molecule has 0 aromatic heterocycles. The summed E-state index contributed by atoms with van der Waals surface area (Å²) in [5, 5.41) is 0. The molecule has 0 aromatic rings. The van der Waals surface area contributed by atoms with Crippen molar-refractivity contribution in [2.75, 3.05) is 0 Å². The summed E-state index contributed by atoms with van der Waals surface area (Å²) in [6.45, 7) is 1.31. The van der Waals surface area contributed by atoms with Crippen LogP contribution in [-0.2, 0) is 24.3 Å². The molecule has 24 valence electrons. The average Bonchev–Trinajstić information content (AvgIpc) is 0.811. The van der Waals surface area contributed by atoms with Crippen LogP contribution in [0.15, 0.2) is 0 Å². The van der Waals surface area contributed by atoms with Gasteiger partial charge in [-0.15, -0.1) is 0 Å². The molecule has 0 fully saturated rings. The smallest absolute Gasteiger partial charge is 0.370 e. The van der Waals surface area contributed by atoms with Crippen molar-refractivity contribution in [1.82, 2.24) is 0 Å². The van der Waals surface area contributed by atoms with Crippen molar-refractivity contribution in [3.63, 3.8) is 0 Å². The van der Waals surface area contributed by atoms with E-state index in [0.29, 0.717) is 0 Å². The van der Waals surface area contributed by atoms with Crippen LogP contribution in [0.4, 0.5) is 0 Å². The predicted molar refractivity (Wildman–Crippen MR) is 14.9 cm³/mol. The maximum absolute atomic E-state index is 9.22. The fourth-order valence-electron chi connectivity index (χ4n) is 0. The predicted octanol–water partition coefficient (Wildman–Crippen LogP) is -0.511. The molecule has 0 atom stereocenters. The molecule has 0 radical (unpaired) electrons. The number of carbonyl (C=O) groups is 1. The van der Waals surface area contributed by atoms with Gasteiger partial charge in [-0.25, -0.2) is 0 Å². The van der Waals surface area contributed by atoms with Crippen LogP contribution in [-0.4, -0.2) is 5.91 Å². The largest absolute Gasteiger partial charge is 2.00 e. The molecule has 0 bridgehead atoms. The van der Waals surface area contributed by atoms with E-state index < -0.39 is 0 Å². The maximum atomic E-state index is 9.22. The Labute approximate surface area is 43.5 Å². The van der Waals surface area contributed by atoms with Crippen molar-refractivity contribution in [2.45, 2.75) is 6.92 Å². The minimum atomic E-state index is -0.333. The van der Waals surface area contributed by atoms with E-state index in [1.165, 1.54) is 6.92 Å². The van der Waals surface area contributed by atoms with Gasteiger partial charge in [0.2, 0.25) is 5.91 Å². The van der Waals surface area contributed by atoms with E-state index in [9.17, 15) is 4.79 Å². The number of carbonyl (C=O) groups excluding carboxylic acids is 1. The average molecular weight is 124 g/mol. The molecule has 3 heteroatoms. The summed E-state index contributed by atoms with van der Waals surface area (Å²) in [5.74, 6) is -0.333. The first-order valence-electron chi connectivity index (χ1n) is 0.993.